The fourth-order valence-electron chi connectivity index (χ4n) is 3.69. The van der Waals surface area contributed by atoms with E-state index in [2.05, 4.69) is 26.2 Å². The van der Waals surface area contributed by atoms with E-state index in [1.807, 2.05) is 32.9 Å². The number of halogens is 1. The minimum absolute atomic E-state index is 0.0521. The number of carbonyl (C=O) groups excluding carboxylic acids is 1. The summed E-state index contributed by atoms with van der Waals surface area (Å²) in [6.45, 7) is 6.54. The van der Waals surface area contributed by atoms with Crippen molar-refractivity contribution >= 4 is 21.9 Å². The van der Waals surface area contributed by atoms with Crippen molar-refractivity contribution in [3.63, 3.8) is 0 Å². The molecule has 5 nitrogen and oxygen atoms in total. The van der Waals surface area contributed by atoms with Gasteiger partial charge in [0, 0.05) is 17.8 Å². The molecular weight excluding hydrogens is 360 g/mol. The molecule has 23 heavy (non-hydrogen) atoms. The summed E-state index contributed by atoms with van der Waals surface area (Å²) in [6.07, 6.45) is 3.71. The topological polar surface area (TPSA) is 60.5 Å². The van der Waals surface area contributed by atoms with Crippen molar-refractivity contribution in [2.24, 2.45) is 5.92 Å². The number of rotatable bonds is 4. The molecule has 1 aliphatic heterocycles. The lowest BCUT2D eigenvalue weighted by molar-refractivity contribution is -0.170. The van der Waals surface area contributed by atoms with Gasteiger partial charge >= 0.3 is 5.97 Å². The van der Waals surface area contributed by atoms with Crippen LogP contribution < -0.4 is 5.32 Å². The van der Waals surface area contributed by atoms with Crippen LogP contribution in [0.5, 0.6) is 0 Å². The molecule has 0 spiro atoms. The maximum atomic E-state index is 12.1. The van der Waals surface area contributed by atoms with E-state index in [0.29, 0.717) is 5.92 Å². The average molecular weight is 383 g/mol. The third kappa shape index (κ3) is 3.44. The van der Waals surface area contributed by atoms with Crippen molar-refractivity contribution in [3.05, 3.63) is 28.5 Å². The van der Waals surface area contributed by atoms with Gasteiger partial charge in [0.25, 0.3) is 0 Å². The number of aromatic nitrogens is 1. The van der Waals surface area contributed by atoms with Gasteiger partial charge in [-0.15, -0.1) is 0 Å². The summed E-state index contributed by atoms with van der Waals surface area (Å²) in [7, 11) is 0. The number of piperidine rings is 1. The molecule has 1 saturated carbocycles. The van der Waals surface area contributed by atoms with Crippen LogP contribution in [0.3, 0.4) is 0 Å². The number of nitrogens with zero attached hydrogens (tertiary/aromatic N) is 1. The van der Waals surface area contributed by atoms with Crippen LogP contribution in [0.4, 0.5) is 0 Å². The number of carbonyl (C=O) groups is 1. The fraction of sp³-hybridized carbons (Fsp3) is 0.647. The highest BCUT2D eigenvalue weighted by Crippen LogP contribution is 2.49. The Balaban J connectivity index is 1.81. The molecule has 2 heterocycles. The van der Waals surface area contributed by atoms with Crippen molar-refractivity contribution < 1.29 is 14.3 Å². The van der Waals surface area contributed by atoms with Crippen LogP contribution in [0.1, 0.15) is 39.2 Å². The number of pyridine rings is 1. The van der Waals surface area contributed by atoms with Crippen LogP contribution in [-0.2, 0) is 19.9 Å². The number of ether oxygens (including phenoxy) is 2. The van der Waals surface area contributed by atoms with E-state index in [0.717, 1.165) is 29.6 Å². The van der Waals surface area contributed by atoms with E-state index in [1.54, 1.807) is 6.20 Å². The van der Waals surface area contributed by atoms with Crippen LogP contribution >= 0.6 is 15.9 Å². The molecule has 3 rings (SSSR count). The molecule has 0 radical (unpaired) electrons. The molecule has 1 aromatic heterocycles. The van der Waals surface area contributed by atoms with Crippen LogP contribution in [0, 0.1) is 5.92 Å². The lowest BCUT2D eigenvalue weighted by atomic mass is 9.87. The molecule has 6 heteroatoms. The summed E-state index contributed by atoms with van der Waals surface area (Å²) in [5.41, 5.74) is -0.0224. The van der Waals surface area contributed by atoms with Gasteiger partial charge in [-0.2, -0.15) is 0 Å². The van der Waals surface area contributed by atoms with Crippen LogP contribution in [0.15, 0.2) is 22.9 Å². The number of esters is 1. The van der Waals surface area contributed by atoms with Gasteiger partial charge in [0.2, 0.25) is 0 Å². The fourth-order valence-corrected chi connectivity index (χ4v) is 4.27. The second-order valence-electron chi connectivity index (χ2n) is 7.37. The molecule has 2 aliphatic rings. The molecule has 0 aromatic carbocycles. The average Bonchev–Trinajstić information content (AvgIpc) is 3.05. The quantitative estimate of drug-likeness (QED) is 0.640. The van der Waals surface area contributed by atoms with Crippen LogP contribution in [-0.4, -0.2) is 35.7 Å². The maximum Gasteiger partial charge on any atom is 0.332 e. The van der Waals surface area contributed by atoms with E-state index in [1.165, 1.54) is 0 Å². The van der Waals surface area contributed by atoms with Crippen molar-refractivity contribution in [1.29, 1.82) is 0 Å². The molecule has 3 atom stereocenters. The zero-order valence-electron chi connectivity index (χ0n) is 13.8. The lowest BCUT2D eigenvalue weighted by Gasteiger charge is -2.38. The van der Waals surface area contributed by atoms with Gasteiger partial charge in [-0.1, -0.05) is 6.07 Å². The second-order valence-corrected chi connectivity index (χ2v) is 8.12. The summed E-state index contributed by atoms with van der Waals surface area (Å²) in [5, 5.41) is 3.52. The Morgan fingerprint density at radius 2 is 2.30 bits per heavy atom. The minimum atomic E-state index is -0.521. The van der Waals surface area contributed by atoms with Gasteiger partial charge in [-0.25, -0.2) is 9.78 Å². The van der Waals surface area contributed by atoms with Gasteiger partial charge in [0.1, 0.15) is 22.4 Å². The third-order valence-corrected chi connectivity index (χ3v) is 5.09. The third-order valence-electron chi connectivity index (χ3n) is 4.46. The number of hydrogen-bond donors (Lipinski definition) is 1. The summed E-state index contributed by atoms with van der Waals surface area (Å²) in [6, 6.07) is 4.13. The molecule has 126 valence electrons. The van der Waals surface area contributed by atoms with Crippen molar-refractivity contribution in [1.82, 2.24) is 10.3 Å². The first kappa shape index (κ1) is 16.9. The Morgan fingerprint density at radius 3 is 2.87 bits per heavy atom. The Hall–Kier alpha value is -0.980. The predicted molar refractivity (Wildman–Crippen MR) is 89.9 cm³/mol. The Bertz CT molecular complexity index is 602. The highest BCUT2D eigenvalue weighted by atomic mass is 79.9. The van der Waals surface area contributed by atoms with Gasteiger partial charge in [0.05, 0.1) is 0 Å². The van der Waals surface area contributed by atoms with E-state index < -0.39 is 11.2 Å². The van der Waals surface area contributed by atoms with Gasteiger partial charge in [-0.3, -0.25) is 0 Å². The first-order chi connectivity index (χ1) is 10.8. The number of fused-ring (bicyclic) bond motifs is 2. The summed E-state index contributed by atoms with van der Waals surface area (Å²) >= 11 is 3.53. The SMILES string of the molecule is CC(C)(C)OC(=O)COC1(c2cccnc2Br)CC2CNC1C2. The Kier molecular flexibility index (Phi) is 4.51. The van der Waals surface area contributed by atoms with Crippen molar-refractivity contribution in [2.75, 3.05) is 13.2 Å². The largest absolute Gasteiger partial charge is 0.458 e. The lowest BCUT2D eigenvalue weighted by Crippen LogP contribution is -2.49. The van der Waals surface area contributed by atoms with E-state index in [-0.39, 0.29) is 18.6 Å². The molecule has 3 unspecified atom stereocenters. The number of nitrogens with one attached hydrogen (secondary N) is 1. The zero-order valence-corrected chi connectivity index (χ0v) is 15.4. The highest BCUT2D eigenvalue weighted by molar-refractivity contribution is 9.10. The summed E-state index contributed by atoms with van der Waals surface area (Å²) in [5.74, 6) is 0.241. The monoisotopic (exact) mass is 382 g/mol. The van der Waals surface area contributed by atoms with Crippen molar-refractivity contribution in [3.8, 4) is 0 Å². The van der Waals surface area contributed by atoms with Crippen LogP contribution in [0.25, 0.3) is 0 Å². The molecule has 0 amide bonds. The highest BCUT2D eigenvalue weighted by Gasteiger charge is 2.54. The first-order valence-electron chi connectivity index (χ1n) is 8.00. The molecule has 2 fully saturated rings. The smallest absolute Gasteiger partial charge is 0.332 e. The standard InChI is InChI=1S/C17H23BrN2O3/c1-16(2,3)23-14(21)10-22-17(8-11-7-13(17)20-9-11)12-5-4-6-19-15(12)18/h4-6,11,13,20H,7-10H2,1-3H3. The molecule has 1 saturated heterocycles. The van der Waals surface area contributed by atoms with Gasteiger partial charge < -0.3 is 14.8 Å². The molecule has 1 N–H and O–H groups in total. The molecule has 1 aliphatic carbocycles. The van der Waals surface area contributed by atoms with Gasteiger partial charge in [-0.05, 0) is 68.1 Å². The van der Waals surface area contributed by atoms with Crippen LogP contribution in [0.2, 0.25) is 0 Å². The maximum absolute atomic E-state index is 12.1. The first-order valence-corrected chi connectivity index (χ1v) is 8.80. The van der Waals surface area contributed by atoms with Crippen molar-refractivity contribution in [2.45, 2.75) is 50.9 Å². The summed E-state index contributed by atoms with van der Waals surface area (Å²) < 4.78 is 12.3. The minimum Gasteiger partial charge on any atom is -0.458 e. The van der Waals surface area contributed by atoms with Gasteiger partial charge in [0.15, 0.2) is 0 Å². The Labute approximate surface area is 145 Å². The summed E-state index contributed by atoms with van der Waals surface area (Å²) in [4.78, 5) is 16.4. The second kappa shape index (κ2) is 6.15. The molecule has 2 bridgehead atoms. The Morgan fingerprint density at radius 1 is 1.52 bits per heavy atom. The van der Waals surface area contributed by atoms with E-state index in [4.69, 9.17) is 9.47 Å². The molecular formula is C17H23BrN2O3. The van der Waals surface area contributed by atoms with E-state index in [9.17, 15) is 4.79 Å². The van der Waals surface area contributed by atoms with E-state index >= 15 is 0 Å². The molecule has 1 aromatic rings. The number of hydrogen-bond acceptors (Lipinski definition) is 5. The predicted octanol–water partition coefficient (Wildman–Crippen LogP) is 2.78. The normalized spacial score (nSPS) is 29.7. The zero-order chi connectivity index (χ0) is 16.7.